The van der Waals surface area contributed by atoms with E-state index in [-0.39, 0.29) is 5.82 Å². The molecular weight excluding hydrogens is 377 g/mol. The molecule has 0 unspecified atom stereocenters. The second kappa shape index (κ2) is 9.84. The molecule has 0 amide bonds. The molecule has 2 aromatic carbocycles. The van der Waals surface area contributed by atoms with Gasteiger partial charge < -0.3 is 0 Å². The van der Waals surface area contributed by atoms with Crippen molar-refractivity contribution in [1.82, 2.24) is 4.98 Å². The predicted molar refractivity (Wildman–Crippen MR) is 122 cm³/mol. The summed E-state index contributed by atoms with van der Waals surface area (Å²) in [7, 11) is 0. The molecule has 4 rings (SSSR count). The molecule has 0 bridgehead atoms. The lowest BCUT2D eigenvalue weighted by atomic mass is 9.77. The number of aromatic nitrogens is 1. The van der Waals surface area contributed by atoms with Gasteiger partial charge in [0.1, 0.15) is 5.82 Å². The van der Waals surface area contributed by atoms with Gasteiger partial charge in [0.2, 0.25) is 0 Å². The van der Waals surface area contributed by atoms with Gasteiger partial charge in [0.05, 0.1) is 15.2 Å². The molecule has 0 radical (unpaired) electrons. The number of thiazole rings is 1. The third-order valence-electron chi connectivity index (χ3n) is 6.54. The van der Waals surface area contributed by atoms with Crippen LogP contribution in [0.3, 0.4) is 0 Å². The largest absolute Gasteiger partial charge is 0.241 e. The van der Waals surface area contributed by atoms with E-state index in [0.29, 0.717) is 0 Å². The Kier molecular flexibility index (Phi) is 6.97. The predicted octanol–water partition coefficient (Wildman–Crippen LogP) is 8.07. The summed E-state index contributed by atoms with van der Waals surface area (Å²) in [5.41, 5.74) is 3.80. The Balaban J connectivity index is 1.28. The second-order valence-electron chi connectivity index (χ2n) is 8.67. The van der Waals surface area contributed by atoms with Gasteiger partial charge >= 0.3 is 0 Å². The molecule has 1 heterocycles. The second-order valence-corrected chi connectivity index (χ2v) is 9.79. The summed E-state index contributed by atoms with van der Waals surface area (Å²) in [4.78, 5) is 4.65. The number of unbranched alkanes of at least 4 members (excludes halogenated alkanes) is 2. The van der Waals surface area contributed by atoms with Crippen molar-refractivity contribution in [2.75, 3.05) is 0 Å². The number of nitrogens with zero attached hydrogens (tertiary/aromatic N) is 1. The quantitative estimate of drug-likeness (QED) is 0.343. The Morgan fingerprint density at radius 2 is 1.76 bits per heavy atom. The van der Waals surface area contributed by atoms with Crippen LogP contribution in [0.1, 0.15) is 80.3 Å². The van der Waals surface area contributed by atoms with E-state index in [2.05, 4.69) is 36.2 Å². The molecule has 29 heavy (non-hydrogen) atoms. The van der Waals surface area contributed by atoms with Crippen LogP contribution in [-0.2, 0) is 12.8 Å². The number of benzene rings is 2. The van der Waals surface area contributed by atoms with Crippen LogP contribution < -0.4 is 0 Å². The number of aryl methyl sites for hydroxylation is 2. The first-order valence-corrected chi connectivity index (χ1v) is 12.2. The standard InChI is InChI=1S/C26H32FNS/c1-2-3-4-5-19-6-11-21(12-7-19)22-13-8-20(9-14-22)10-17-26-28-24-16-15-23(27)18-25(24)29-26/h8-9,13-16,18-19,21H,2-7,10-12,17H2,1H3. The van der Waals surface area contributed by atoms with Crippen LogP contribution in [0.2, 0.25) is 0 Å². The first-order valence-electron chi connectivity index (χ1n) is 11.3. The van der Waals surface area contributed by atoms with E-state index in [4.69, 9.17) is 0 Å². The smallest absolute Gasteiger partial charge is 0.124 e. The highest BCUT2D eigenvalue weighted by Crippen LogP contribution is 2.37. The SMILES string of the molecule is CCCCCC1CCC(c2ccc(CCc3nc4ccc(F)cc4s3)cc2)CC1. The molecule has 0 spiro atoms. The summed E-state index contributed by atoms with van der Waals surface area (Å²) in [6, 6.07) is 14.2. The van der Waals surface area contributed by atoms with Crippen LogP contribution in [0.4, 0.5) is 4.39 Å². The van der Waals surface area contributed by atoms with Gasteiger partial charge in [-0.25, -0.2) is 9.37 Å². The van der Waals surface area contributed by atoms with Gasteiger partial charge in [-0.3, -0.25) is 0 Å². The summed E-state index contributed by atoms with van der Waals surface area (Å²) in [5.74, 6) is 1.54. The van der Waals surface area contributed by atoms with E-state index < -0.39 is 0 Å². The van der Waals surface area contributed by atoms with E-state index in [0.717, 1.165) is 39.9 Å². The molecule has 1 aliphatic carbocycles. The van der Waals surface area contributed by atoms with Crippen molar-refractivity contribution < 1.29 is 4.39 Å². The minimum Gasteiger partial charge on any atom is -0.241 e. The molecule has 3 heteroatoms. The van der Waals surface area contributed by atoms with Crippen molar-refractivity contribution in [2.45, 2.75) is 77.0 Å². The molecular formula is C26H32FNS. The zero-order chi connectivity index (χ0) is 20.1. The van der Waals surface area contributed by atoms with Crippen LogP contribution in [-0.4, -0.2) is 4.98 Å². The minimum atomic E-state index is -0.182. The summed E-state index contributed by atoms with van der Waals surface area (Å²) in [5, 5.41) is 1.09. The van der Waals surface area contributed by atoms with Gasteiger partial charge in [-0.1, -0.05) is 56.9 Å². The van der Waals surface area contributed by atoms with Crippen molar-refractivity contribution in [2.24, 2.45) is 5.92 Å². The van der Waals surface area contributed by atoms with Crippen molar-refractivity contribution in [3.05, 3.63) is 64.4 Å². The van der Waals surface area contributed by atoms with E-state index in [1.54, 1.807) is 23.5 Å². The zero-order valence-corrected chi connectivity index (χ0v) is 18.3. The fourth-order valence-corrected chi connectivity index (χ4v) is 5.72. The van der Waals surface area contributed by atoms with Crippen LogP contribution in [0, 0.1) is 11.7 Å². The maximum absolute atomic E-state index is 13.4. The molecule has 154 valence electrons. The lowest BCUT2D eigenvalue weighted by molar-refractivity contribution is 0.303. The maximum atomic E-state index is 13.4. The van der Waals surface area contributed by atoms with E-state index in [9.17, 15) is 4.39 Å². The zero-order valence-electron chi connectivity index (χ0n) is 17.5. The Morgan fingerprint density at radius 3 is 2.52 bits per heavy atom. The first kappa shape index (κ1) is 20.5. The Labute approximate surface area is 178 Å². The van der Waals surface area contributed by atoms with Crippen molar-refractivity contribution >= 4 is 21.6 Å². The summed E-state index contributed by atoms with van der Waals surface area (Å²) in [6.45, 7) is 2.29. The number of halogens is 1. The third-order valence-corrected chi connectivity index (χ3v) is 7.61. The van der Waals surface area contributed by atoms with Gasteiger partial charge in [0.15, 0.2) is 0 Å². The number of fused-ring (bicyclic) bond motifs is 1. The molecule has 1 nitrogen and oxygen atoms in total. The third kappa shape index (κ3) is 5.45. The average Bonchev–Trinajstić information content (AvgIpc) is 3.15. The molecule has 0 N–H and O–H groups in total. The normalized spacial score (nSPS) is 19.7. The van der Waals surface area contributed by atoms with Gasteiger partial charge in [-0.2, -0.15) is 0 Å². The van der Waals surface area contributed by atoms with Crippen LogP contribution in [0.25, 0.3) is 10.2 Å². The number of hydrogen-bond donors (Lipinski definition) is 0. The van der Waals surface area contributed by atoms with E-state index in [1.165, 1.54) is 68.6 Å². The van der Waals surface area contributed by atoms with Crippen LogP contribution in [0.15, 0.2) is 42.5 Å². The highest BCUT2D eigenvalue weighted by atomic mass is 32.1. The Morgan fingerprint density at radius 1 is 0.966 bits per heavy atom. The molecule has 3 aromatic rings. The summed E-state index contributed by atoms with van der Waals surface area (Å²) in [6.07, 6.45) is 13.0. The first-order chi connectivity index (χ1) is 14.2. The summed E-state index contributed by atoms with van der Waals surface area (Å²) >= 11 is 1.61. The lowest BCUT2D eigenvalue weighted by Gasteiger charge is -2.29. The van der Waals surface area contributed by atoms with Crippen LogP contribution >= 0.6 is 11.3 Å². The highest BCUT2D eigenvalue weighted by molar-refractivity contribution is 7.18. The fourth-order valence-electron chi connectivity index (χ4n) is 4.73. The fraction of sp³-hybridized carbons (Fsp3) is 0.500. The number of rotatable bonds is 8. The van der Waals surface area contributed by atoms with E-state index >= 15 is 0 Å². The number of hydrogen-bond acceptors (Lipinski definition) is 2. The highest BCUT2D eigenvalue weighted by Gasteiger charge is 2.21. The van der Waals surface area contributed by atoms with Gasteiger partial charge in [-0.15, -0.1) is 11.3 Å². The lowest BCUT2D eigenvalue weighted by Crippen LogP contribution is -2.13. The minimum absolute atomic E-state index is 0.182. The molecule has 1 fully saturated rings. The molecule has 0 atom stereocenters. The molecule has 1 aliphatic rings. The van der Waals surface area contributed by atoms with Gasteiger partial charge in [-0.05, 0) is 73.3 Å². The van der Waals surface area contributed by atoms with E-state index in [1.807, 2.05) is 0 Å². The molecule has 0 aliphatic heterocycles. The monoisotopic (exact) mass is 409 g/mol. The molecule has 1 saturated carbocycles. The maximum Gasteiger partial charge on any atom is 0.124 e. The Bertz CT molecular complexity index is 906. The topological polar surface area (TPSA) is 12.9 Å². The van der Waals surface area contributed by atoms with Gasteiger partial charge in [0, 0.05) is 6.42 Å². The van der Waals surface area contributed by atoms with Crippen molar-refractivity contribution in [3.8, 4) is 0 Å². The average molecular weight is 410 g/mol. The molecule has 0 saturated heterocycles. The van der Waals surface area contributed by atoms with Crippen LogP contribution in [0.5, 0.6) is 0 Å². The summed E-state index contributed by atoms with van der Waals surface area (Å²) < 4.78 is 14.3. The van der Waals surface area contributed by atoms with Gasteiger partial charge in [0.25, 0.3) is 0 Å². The van der Waals surface area contributed by atoms with Crippen molar-refractivity contribution in [1.29, 1.82) is 0 Å². The Hall–Kier alpha value is -1.74. The molecule has 1 aromatic heterocycles. The van der Waals surface area contributed by atoms with Crippen molar-refractivity contribution in [3.63, 3.8) is 0 Å².